The number of esters is 1. The van der Waals surface area contributed by atoms with Gasteiger partial charge in [-0.1, -0.05) is 233 Å². The number of hydrogen-bond acceptors (Lipinski definition) is 11. The van der Waals surface area contributed by atoms with Gasteiger partial charge in [0.05, 0.1) is 19.8 Å². The van der Waals surface area contributed by atoms with Gasteiger partial charge in [-0.15, -0.1) is 0 Å². The first-order chi connectivity index (χ1) is 37.1. The molecule has 0 radical (unpaired) electrons. The maximum Gasteiger partial charge on any atom is 0.397 e. The van der Waals surface area contributed by atoms with Gasteiger partial charge in [-0.2, -0.15) is 8.42 Å². The second-order valence-electron chi connectivity index (χ2n) is 20.2. The first-order valence-corrected chi connectivity index (χ1v) is 31.4. The lowest BCUT2D eigenvalue weighted by Crippen LogP contribution is -2.60. The number of ether oxygens (including phenoxy) is 4. The highest BCUT2D eigenvalue weighted by atomic mass is 32.3. The molecule has 0 spiro atoms. The van der Waals surface area contributed by atoms with Crippen molar-refractivity contribution in [2.45, 2.75) is 269 Å². The molecule has 1 rings (SSSR count). The number of carbonyl (C=O) groups excluding carboxylic acids is 1. The molecular formula is C63H108O12S. The molecule has 1 aliphatic heterocycles. The third kappa shape index (κ3) is 44.9. The highest BCUT2D eigenvalue weighted by Crippen LogP contribution is 2.26. The summed E-state index contributed by atoms with van der Waals surface area (Å²) in [5.41, 5.74) is 0. The van der Waals surface area contributed by atoms with Crippen LogP contribution in [0, 0.1) is 0 Å². The maximum atomic E-state index is 12.9. The van der Waals surface area contributed by atoms with Crippen LogP contribution in [0.4, 0.5) is 0 Å². The molecule has 0 bridgehead atoms. The highest BCUT2D eigenvalue weighted by molar-refractivity contribution is 7.80. The number of aliphatic hydroxyl groups is 3. The van der Waals surface area contributed by atoms with Gasteiger partial charge in [0, 0.05) is 13.0 Å². The van der Waals surface area contributed by atoms with E-state index >= 15 is 0 Å². The van der Waals surface area contributed by atoms with E-state index in [9.17, 15) is 33.1 Å². The molecule has 6 atom stereocenters. The van der Waals surface area contributed by atoms with Crippen molar-refractivity contribution in [3.8, 4) is 0 Å². The van der Waals surface area contributed by atoms with Crippen molar-refractivity contribution in [3.05, 3.63) is 97.2 Å². The third-order valence-corrected chi connectivity index (χ3v) is 13.7. The quantitative estimate of drug-likeness (QED) is 0.0196. The van der Waals surface area contributed by atoms with Gasteiger partial charge >= 0.3 is 16.4 Å². The zero-order chi connectivity index (χ0) is 55.3. The van der Waals surface area contributed by atoms with E-state index < -0.39 is 59.8 Å². The molecule has 0 amide bonds. The molecule has 13 heteroatoms. The Morgan fingerprint density at radius 2 is 0.908 bits per heavy atom. The lowest BCUT2D eigenvalue weighted by Gasteiger charge is -2.41. The monoisotopic (exact) mass is 1090 g/mol. The summed E-state index contributed by atoms with van der Waals surface area (Å²) < 4.78 is 59.4. The molecule has 4 N–H and O–H groups in total. The van der Waals surface area contributed by atoms with Crippen LogP contribution < -0.4 is 0 Å². The van der Waals surface area contributed by atoms with Gasteiger partial charge in [0.25, 0.3) is 0 Å². The Balaban J connectivity index is 2.33. The molecule has 0 saturated carbocycles. The van der Waals surface area contributed by atoms with Crippen LogP contribution in [0.15, 0.2) is 97.2 Å². The van der Waals surface area contributed by atoms with E-state index in [4.69, 9.17) is 18.9 Å². The predicted octanol–water partition coefficient (Wildman–Crippen LogP) is 15.3. The average Bonchev–Trinajstić information content (AvgIpc) is 3.40. The minimum absolute atomic E-state index is 0.00814. The lowest BCUT2D eigenvalue weighted by atomic mass is 9.99. The molecule has 0 aromatic rings. The van der Waals surface area contributed by atoms with Crippen LogP contribution in [-0.4, -0.2) is 97.5 Å². The van der Waals surface area contributed by atoms with E-state index in [0.717, 1.165) is 64.2 Å². The molecule has 76 heavy (non-hydrogen) atoms. The molecular weight excluding hydrogens is 981 g/mol. The summed E-state index contributed by atoms with van der Waals surface area (Å²) in [6, 6.07) is 0. The van der Waals surface area contributed by atoms with Crippen molar-refractivity contribution in [2.24, 2.45) is 0 Å². The van der Waals surface area contributed by atoms with Gasteiger partial charge in [0.15, 0.2) is 6.29 Å². The van der Waals surface area contributed by atoms with Crippen LogP contribution in [-0.2, 0) is 38.3 Å². The summed E-state index contributed by atoms with van der Waals surface area (Å²) in [7, 11) is -5.08. The van der Waals surface area contributed by atoms with E-state index in [2.05, 4.69) is 109 Å². The van der Waals surface area contributed by atoms with Crippen LogP contribution in [0.3, 0.4) is 0 Å². The Kier molecular flexibility index (Phi) is 49.3. The number of carbonyl (C=O) groups is 1. The fraction of sp³-hybridized carbons (Fsp3) is 0.730. The number of allylic oxidation sites excluding steroid dienone is 16. The van der Waals surface area contributed by atoms with Crippen LogP contribution in [0.5, 0.6) is 0 Å². The summed E-state index contributed by atoms with van der Waals surface area (Å²) in [5.74, 6) is -0.456. The van der Waals surface area contributed by atoms with E-state index in [1.54, 1.807) is 0 Å². The van der Waals surface area contributed by atoms with Crippen molar-refractivity contribution < 1.29 is 56.2 Å². The summed E-state index contributed by atoms with van der Waals surface area (Å²) in [5, 5.41) is 30.9. The second-order valence-corrected chi connectivity index (χ2v) is 21.3. The highest BCUT2D eigenvalue weighted by Gasteiger charge is 2.48. The van der Waals surface area contributed by atoms with E-state index in [0.29, 0.717) is 19.4 Å². The van der Waals surface area contributed by atoms with E-state index in [-0.39, 0.29) is 19.6 Å². The Labute approximate surface area is 463 Å². The topological polar surface area (TPSA) is 178 Å². The molecule has 1 saturated heterocycles. The molecule has 0 aliphatic carbocycles. The van der Waals surface area contributed by atoms with Crippen molar-refractivity contribution >= 4 is 16.4 Å². The van der Waals surface area contributed by atoms with Crippen LogP contribution in [0.25, 0.3) is 0 Å². The molecule has 0 aromatic carbocycles. The number of aliphatic hydroxyl groups excluding tert-OH is 3. The predicted molar refractivity (Wildman–Crippen MR) is 312 cm³/mol. The zero-order valence-electron chi connectivity index (χ0n) is 47.5. The van der Waals surface area contributed by atoms with Gasteiger partial charge in [0.2, 0.25) is 0 Å². The van der Waals surface area contributed by atoms with Crippen molar-refractivity contribution in [1.82, 2.24) is 0 Å². The maximum absolute atomic E-state index is 12.9. The third-order valence-electron chi connectivity index (χ3n) is 13.2. The van der Waals surface area contributed by atoms with Crippen molar-refractivity contribution in [1.29, 1.82) is 0 Å². The fourth-order valence-corrected chi connectivity index (χ4v) is 9.23. The molecule has 1 aliphatic rings. The summed E-state index contributed by atoms with van der Waals surface area (Å²) in [4.78, 5) is 12.9. The van der Waals surface area contributed by atoms with Crippen molar-refractivity contribution in [3.63, 3.8) is 0 Å². The first kappa shape index (κ1) is 71.0. The zero-order valence-corrected chi connectivity index (χ0v) is 48.4. The number of rotatable bonds is 52. The second kappa shape index (κ2) is 52.7. The molecule has 12 nitrogen and oxygen atoms in total. The smallest absolute Gasteiger partial charge is 0.397 e. The van der Waals surface area contributed by atoms with Gasteiger partial charge in [-0.05, 0) is 89.9 Å². The van der Waals surface area contributed by atoms with Gasteiger partial charge in [-0.25, -0.2) is 4.18 Å². The van der Waals surface area contributed by atoms with Crippen molar-refractivity contribution in [2.75, 3.05) is 26.4 Å². The number of unbranched alkanes of at least 4 members (excludes halogenated alkanes) is 23. The Hall–Kier alpha value is -2.98. The van der Waals surface area contributed by atoms with Gasteiger partial charge in [0.1, 0.15) is 30.5 Å². The number of hydrogen-bond donors (Lipinski definition) is 4. The van der Waals surface area contributed by atoms with Crippen LogP contribution >= 0.6 is 0 Å². The SMILES string of the molecule is CC/C=C\C/C=C\C/C=C\C/C=C\C/C=C\C/C=C\C/C=C\CCCC(=O)OC(COCCCCCCCCCCCCCCCC/C=C\CCCCCCCCCC)COC1OC(CO)C(O)C(OS(=O)(=O)O)C1O. The minimum atomic E-state index is -5.08. The molecule has 0 aromatic heterocycles. The molecule has 6 unspecified atom stereocenters. The molecule has 1 fully saturated rings. The van der Waals surface area contributed by atoms with Gasteiger partial charge < -0.3 is 34.3 Å². The summed E-state index contributed by atoms with van der Waals surface area (Å²) in [6.45, 7) is 3.83. The Bertz CT molecular complexity index is 1680. The minimum Gasteiger partial charge on any atom is -0.457 e. The van der Waals surface area contributed by atoms with E-state index in [1.807, 2.05) is 6.08 Å². The standard InChI is InChI=1S/C63H108O12S/c1-3-5-7-9-11-13-15-17-19-21-23-25-27-28-29-31-33-35-37-39-41-43-45-47-49-51-53-71-55-57(56-72-63-61(67)62(75-76(68,69)70)60(66)58(54-64)74-63)73-59(65)52-50-48-46-44-42-40-38-36-34-32-30-26-24-22-20-18-16-14-12-10-8-6-4-2/h6,8,12,14,18,20-21,23-24,26,32,34,38,40,44,46,57-58,60-64,66-67H,3-5,7,9-11,13,15-17,19,22,25,27-31,33,35-37,39,41-43,45,47-56H2,1-2H3,(H,68,69,70)/b8-6-,14-12-,20-18-,23-21-,26-24-,34-32-,40-38-,46-44-. The summed E-state index contributed by atoms with van der Waals surface area (Å²) >= 11 is 0. The normalized spacial score (nSPS) is 19.3. The van der Waals surface area contributed by atoms with Gasteiger partial charge in [-0.3, -0.25) is 9.35 Å². The first-order valence-electron chi connectivity index (χ1n) is 30.0. The Morgan fingerprint density at radius 3 is 1.34 bits per heavy atom. The van der Waals surface area contributed by atoms with Crippen LogP contribution in [0.1, 0.15) is 232 Å². The molecule has 1 heterocycles. The Morgan fingerprint density at radius 1 is 0.513 bits per heavy atom. The average molecular weight is 1090 g/mol. The summed E-state index contributed by atoms with van der Waals surface area (Å²) in [6.07, 6.45) is 64.6. The fourth-order valence-electron chi connectivity index (χ4n) is 8.72. The molecule has 438 valence electrons. The largest absolute Gasteiger partial charge is 0.457 e. The van der Waals surface area contributed by atoms with E-state index in [1.165, 1.54) is 135 Å². The lowest BCUT2D eigenvalue weighted by molar-refractivity contribution is -0.301. The van der Waals surface area contributed by atoms with Crippen LogP contribution in [0.2, 0.25) is 0 Å².